The molecule has 0 aromatic heterocycles. The molecule has 0 saturated heterocycles. The summed E-state index contributed by atoms with van der Waals surface area (Å²) < 4.78 is 0.950. The molecule has 1 unspecified atom stereocenters. The maximum absolute atomic E-state index is 11.6. The summed E-state index contributed by atoms with van der Waals surface area (Å²) >= 11 is 5.12. The minimum Gasteiger partial charge on any atom is -0.481 e. The molecule has 2 aromatic carbocycles. The molecule has 1 heterocycles. The van der Waals surface area contributed by atoms with Gasteiger partial charge in [-0.2, -0.15) is 0 Å². The lowest BCUT2D eigenvalue weighted by Gasteiger charge is -2.25. The Morgan fingerprint density at radius 2 is 1.83 bits per heavy atom. The summed E-state index contributed by atoms with van der Waals surface area (Å²) in [4.78, 5) is 13.6. The van der Waals surface area contributed by atoms with Gasteiger partial charge in [-0.1, -0.05) is 42.1 Å². The summed E-state index contributed by atoms with van der Waals surface area (Å²) in [5.74, 6) is -1.38. The van der Waals surface area contributed by atoms with Gasteiger partial charge in [0.2, 0.25) is 0 Å². The van der Waals surface area contributed by atoms with E-state index in [4.69, 9.17) is 0 Å². The summed E-state index contributed by atoms with van der Waals surface area (Å²) in [5.41, 5.74) is 1.74. The smallest absolute Gasteiger partial charge is 0.315 e. The molecular formula is C14H9BrO2S. The molecule has 90 valence electrons. The zero-order valence-corrected chi connectivity index (χ0v) is 11.7. The van der Waals surface area contributed by atoms with E-state index in [2.05, 4.69) is 15.9 Å². The van der Waals surface area contributed by atoms with Crippen LogP contribution in [0.1, 0.15) is 17.0 Å². The number of benzene rings is 2. The van der Waals surface area contributed by atoms with E-state index in [0.717, 1.165) is 25.4 Å². The third kappa shape index (κ3) is 1.76. The second-order valence-corrected chi connectivity index (χ2v) is 5.98. The topological polar surface area (TPSA) is 37.3 Å². The molecule has 18 heavy (non-hydrogen) atoms. The van der Waals surface area contributed by atoms with Gasteiger partial charge in [-0.3, -0.25) is 4.79 Å². The molecule has 2 aromatic rings. The lowest BCUT2D eigenvalue weighted by Crippen LogP contribution is -2.17. The van der Waals surface area contributed by atoms with Crippen molar-refractivity contribution in [3.05, 3.63) is 58.1 Å². The molecule has 1 atom stereocenters. The van der Waals surface area contributed by atoms with Crippen LogP contribution in [0.15, 0.2) is 56.7 Å². The van der Waals surface area contributed by atoms with Crippen molar-refractivity contribution in [1.82, 2.24) is 0 Å². The number of fused-ring (bicyclic) bond motifs is 2. The Bertz CT molecular complexity index is 639. The number of halogens is 1. The van der Waals surface area contributed by atoms with E-state index >= 15 is 0 Å². The highest BCUT2D eigenvalue weighted by Gasteiger charge is 2.32. The van der Waals surface area contributed by atoms with Crippen LogP contribution in [0, 0.1) is 0 Å². The normalized spacial score (nSPS) is 16.8. The summed E-state index contributed by atoms with van der Waals surface area (Å²) in [6, 6.07) is 13.4. The number of rotatable bonds is 1. The molecule has 2 nitrogen and oxygen atoms in total. The molecule has 0 fully saturated rings. The van der Waals surface area contributed by atoms with Crippen molar-refractivity contribution in [2.75, 3.05) is 0 Å². The van der Waals surface area contributed by atoms with Crippen LogP contribution < -0.4 is 0 Å². The Labute approximate surface area is 117 Å². The first-order chi connectivity index (χ1) is 8.68. The van der Waals surface area contributed by atoms with E-state index in [9.17, 15) is 9.90 Å². The first-order valence-electron chi connectivity index (χ1n) is 5.46. The molecule has 4 heteroatoms. The van der Waals surface area contributed by atoms with Crippen LogP contribution >= 0.6 is 27.7 Å². The quantitative estimate of drug-likeness (QED) is 0.858. The maximum Gasteiger partial charge on any atom is 0.315 e. The molecule has 0 spiro atoms. The van der Waals surface area contributed by atoms with Crippen molar-refractivity contribution in [1.29, 1.82) is 0 Å². The van der Waals surface area contributed by atoms with Crippen molar-refractivity contribution in [3.8, 4) is 0 Å². The van der Waals surface area contributed by atoms with Crippen molar-refractivity contribution in [2.45, 2.75) is 15.7 Å². The van der Waals surface area contributed by atoms with Crippen molar-refractivity contribution in [3.63, 3.8) is 0 Å². The number of carboxylic acid groups (broad SMARTS) is 1. The third-order valence-corrected chi connectivity index (χ3v) is 5.17. The molecule has 0 amide bonds. The van der Waals surface area contributed by atoms with Gasteiger partial charge in [0.1, 0.15) is 5.92 Å². The van der Waals surface area contributed by atoms with Gasteiger partial charge in [0.25, 0.3) is 0 Å². The average Bonchev–Trinajstić information content (AvgIpc) is 2.36. The molecule has 0 aliphatic carbocycles. The first-order valence-corrected chi connectivity index (χ1v) is 7.07. The Morgan fingerprint density at radius 1 is 1.11 bits per heavy atom. The second-order valence-electron chi connectivity index (χ2n) is 4.07. The predicted molar refractivity (Wildman–Crippen MR) is 74.2 cm³/mol. The fourth-order valence-corrected chi connectivity index (χ4v) is 3.98. The maximum atomic E-state index is 11.6. The van der Waals surface area contributed by atoms with Crippen LogP contribution in [-0.2, 0) is 4.79 Å². The largest absolute Gasteiger partial charge is 0.481 e. The van der Waals surface area contributed by atoms with Gasteiger partial charge >= 0.3 is 5.97 Å². The SMILES string of the molecule is O=C(O)C1c2ccccc2Sc2c(Br)cccc21. The van der Waals surface area contributed by atoms with E-state index in [1.807, 2.05) is 42.5 Å². The van der Waals surface area contributed by atoms with E-state index in [-0.39, 0.29) is 0 Å². The predicted octanol–water partition coefficient (Wildman–Crippen LogP) is 4.13. The molecule has 0 radical (unpaired) electrons. The number of carbonyl (C=O) groups is 1. The number of carboxylic acids is 1. The molecule has 1 aliphatic rings. The van der Waals surface area contributed by atoms with Gasteiger partial charge < -0.3 is 5.11 Å². The molecule has 1 N–H and O–H groups in total. The minimum absolute atomic E-state index is 0.574. The van der Waals surface area contributed by atoms with Gasteiger partial charge in [0, 0.05) is 14.3 Å². The molecule has 0 saturated carbocycles. The number of hydrogen-bond acceptors (Lipinski definition) is 2. The monoisotopic (exact) mass is 320 g/mol. The van der Waals surface area contributed by atoms with Gasteiger partial charge in [0.15, 0.2) is 0 Å². The van der Waals surface area contributed by atoms with Crippen LogP contribution in [0.4, 0.5) is 0 Å². The van der Waals surface area contributed by atoms with Crippen LogP contribution in [0.3, 0.4) is 0 Å². The van der Waals surface area contributed by atoms with Crippen LogP contribution in [0.5, 0.6) is 0 Å². The summed E-state index contributed by atoms with van der Waals surface area (Å²) in [7, 11) is 0. The molecule has 0 bridgehead atoms. The fraction of sp³-hybridized carbons (Fsp3) is 0.0714. The van der Waals surface area contributed by atoms with E-state index in [1.165, 1.54) is 0 Å². The average molecular weight is 321 g/mol. The van der Waals surface area contributed by atoms with Crippen molar-refractivity contribution in [2.24, 2.45) is 0 Å². The van der Waals surface area contributed by atoms with Gasteiger partial charge in [-0.05, 0) is 39.2 Å². The highest BCUT2D eigenvalue weighted by Crippen LogP contribution is 2.48. The lowest BCUT2D eigenvalue weighted by atomic mass is 9.91. The highest BCUT2D eigenvalue weighted by molar-refractivity contribution is 9.10. The van der Waals surface area contributed by atoms with Crippen molar-refractivity contribution >= 4 is 33.7 Å². The fourth-order valence-electron chi connectivity index (χ4n) is 2.22. The van der Waals surface area contributed by atoms with E-state index < -0.39 is 11.9 Å². The number of aliphatic carboxylic acids is 1. The lowest BCUT2D eigenvalue weighted by molar-refractivity contribution is -0.137. The van der Waals surface area contributed by atoms with Crippen LogP contribution in [-0.4, -0.2) is 11.1 Å². The zero-order valence-electron chi connectivity index (χ0n) is 9.26. The Kier molecular flexibility index (Phi) is 2.92. The van der Waals surface area contributed by atoms with Gasteiger partial charge in [0.05, 0.1) is 0 Å². The number of hydrogen-bond donors (Lipinski definition) is 1. The minimum atomic E-state index is -0.804. The standard InChI is InChI=1S/C14H9BrO2S/c15-10-6-3-5-9-12(14(16)17)8-4-1-2-7-11(8)18-13(9)10/h1-7,12H,(H,16,17). The molecule has 3 rings (SSSR count). The summed E-state index contributed by atoms with van der Waals surface area (Å²) in [5, 5.41) is 9.50. The molecule has 1 aliphatic heterocycles. The Morgan fingerprint density at radius 3 is 2.61 bits per heavy atom. The van der Waals surface area contributed by atoms with Gasteiger partial charge in [-0.15, -0.1) is 0 Å². The summed E-state index contributed by atoms with van der Waals surface area (Å²) in [6.07, 6.45) is 0. The van der Waals surface area contributed by atoms with Crippen LogP contribution in [0.25, 0.3) is 0 Å². The molecular weight excluding hydrogens is 312 g/mol. The highest BCUT2D eigenvalue weighted by atomic mass is 79.9. The third-order valence-electron chi connectivity index (χ3n) is 3.00. The van der Waals surface area contributed by atoms with Crippen molar-refractivity contribution < 1.29 is 9.90 Å². The van der Waals surface area contributed by atoms with Gasteiger partial charge in [-0.25, -0.2) is 0 Å². The van der Waals surface area contributed by atoms with E-state index in [0.29, 0.717) is 0 Å². The second kappa shape index (κ2) is 4.44. The van der Waals surface area contributed by atoms with Crippen LogP contribution in [0.2, 0.25) is 0 Å². The first kappa shape index (κ1) is 11.8. The Balaban J connectivity index is 2.27. The Hall–Kier alpha value is -1.26. The zero-order chi connectivity index (χ0) is 12.7. The summed E-state index contributed by atoms with van der Waals surface area (Å²) in [6.45, 7) is 0. The van der Waals surface area contributed by atoms with E-state index in [1.54, 1.807) is 11.8 Å².